The molecule has 0 aliphatic carbocycles. The molecule has 2 heteroatoms. The van der Waals surface area contributed by atoms with Crippen molar-refractivity contribution in [3.05, 3.63) is 35.2 Å². The van der Waals surface area contributed by atoms with Gasteiger partial charge in [-0.05, 0) is 34.9 Å². The van der Waals surface area contributed by atoms with E-state index < -0.39 is 0 Å². The first-order chi connectivity index (χ1) is 6.31. The van der Waals surface area contributed by atoms with Crippen molar-refractivity contribution in [1.29, 1.82) is 0 Å². The Morgan fingerprint density at radius 2 is 2.23 bits per heavy atom. The Bertz CT molecular complexity index is 405. The Hall–Kier alpha value is -0.860. The van der Waals surface area contributed by atoms with Crippen LogP contribution < -0.4 is 0 Å². The van der Waals surface area contributed by atoms with Crippen molar-refractivity contribution in [2.45, 2.75) is 19.4 Å². The first-order valence-corrected chi connectivity index (χ1v) is 5.34. The number of rotatable bonds is 2. The molecule has 2 rings (SSSR count). The molecule has 1 unspecified atom stereocenters. The third kappa shape index (κ3) is 1.60. The molecule has 1 nitrogen and oxygen atoms in total. The van der Waals surface area contributed by atoms with Gasteiger partial charge in [-0.25, -0.2) is 0 Å². The number of hydrogen-bond donors (Lipinski definition) is 1. The molecule has 0 spiro atoms. The van der Waals surface area contributed by atoms with Crippen LogP contribution in [0, 0.1) is 0 Å². The van der Waals surface area contributed by atoms with Gasteiger partial charge in [0.15, 0.2) is 0 Å². The maximum Gasteiger partial charge on any atom is 0.0787 e. The molecule has 1 aromatic heterocycles. The van der Waals surface area contributed by atoms with E-state index in [9.17, 15) is 5.11 Å². The normalized spacial score (nSPS) is 13.4. The van der Waals surface area contributed by atoms with Crippen molar-refractivity contribution in [3.63, 3.8) is 0 Å². The summed E-state index contributed by atoms with van der Waals surface area (Å²) in [6, 6.07) is 8.25. The fourth-order valence-corrected chi connectivity index (χ4v) is 2.25. The smallest absolute Gasteiger partial charge is 0.0787 e. The number of aliphatic hydroxyl groups is 1. The van der Waals surface area contributed by atoms with E-state index >= 15 is 0 Å². The molecule has 0 fully saturated rings. The van der Waals surface area contributed by atoms with Crippen LogP contribution in [-0.4, -0.2) is 5.11 Å². The molecule has 0 saturated heterocycles. The maximum atomic E-state index is 9.63. The Kier molecular flexibility index (Phi) is 2.34. The first kappa shape index (κ1) is 8.73. The third-order valence-electron chi connectivity index (χ3n) is 2.25. The lowest BCUT2D eigenvalue weighted by Gasteiger charge is -2.07. The lowest BCUT2D eigenvalue weighted by atomic mass is 10.1. The minimum absolute atomic E-state index is 0.313. The van der Waals surface area contributed by atoms with Crippen LogP contribution >= 0.6 is 11.3 Å². The van der Waals surface area contributed by atoms with Crippen LogP contribution in [0.5, 0.6) is 0 Å². The minimum Gasteiger partial charge on any atom is -0.388 e. The van der Waals surface area contributed by atoms with Crippen LogP contribution in [0.2, 0.25) is 0 Å². The molecule has 0 aliphatic heterocycles. The van der Waals surface area contributed by atoms with E-state index in [0.29, 0.717) is 0 Å². The second-order valence-electron chi connectivity index (χ2n) is 3.14. The molecule has 2 aromatic rings. The number of fused-ring (bicyclic) bond motifs is 1. The molecule has 1 atom stereocenters. The SMILES string of the molecule is CCC(O)c1ccc2ccsc2c1. The topological polar surface area (TPSA) is 20.2 Å². The average molecular weight is 192 g/mol. The van der Waals surface area contributed by atoms with Crippen molar-refractivity contribution in [2.75, 3.05) is 0 Å². The van der Waals surface area contributed by atoms with Gasteiger partial charge >= 0.3 is 0 Å². The van der Waals surface area contributed by atoms with Crippen molar-refractivity contribution in [2.24, 2.45) is 0 Å². The Morgan fingerprint density at radius 1 is 1.38 bits per heavy atom. The van der Waals surface area contributed by atoms with Gasteiger partial charge in [0.1, 0.15) is 0 Å². The summed E-state index contributed by atoms with van der Waals surface area (Å²) in [6.45, 7) is 1.99. The van der Waals surface area contributed by atoms with Gasteiger partial charge < -0.3 is 5.11 Å². The largest absolute Gasteiger partial charge is 0.388 e. The summed E-state index contributed by atoms with van der Waals surface area (Å²) >= 11 is 1.72. The van der Waals surface area contributed by atoms with E-state index in [1.807, 2.05) is 13.0 Å². The van der Waals surface area contributed by atoms with Crippen molar-refractivity contribution < 1.29 is 5.11 Å². The molecule has 0 amide bonds. The van der Waals surface area contributed by atoms with Gasteiger partial charge in [-0.1, -0.05) is 19.1 Å². The Labute approximate surface area is 81.6 Å². The molecule has 13 heavy (non-hydrogen) atoms. The summed E-state index contributed by atoms with van der Waals surface area (Å²) in [5.74, 6) is 0. The van der Waals surface area contributed by atoms with Crippen LogP contribution in [0.25, 0.3) is 10.1 Å². The summed E-state index contributed by atoms with van der Waals surface area (Å²) in [6.07, 6.45) is 0.461. The van der Waals surface area contributed by atoms with Gasteiger partial charge in [0.2, 0.25) is 0 Å². The predicted molar refractivity (Wildman–Crippen MR) is 57.1 cm³/mol. The zero-order valence-electron chi connectivity index (χ0n) is 7.53. The summed E-state index contributed by atoms with van der Waals surface area (Å²) in [4.78, 5) is 0. The molecule has 0 saturated carbocycles. The van der Waals surface area contributed by atoms with Crippen molar-refractivity contribution in [3.8, 4) is 0 Å². The fraction of sp³-hybridized carbons (Fsp3) is 0.273. The molecular formula is C11H12OS. The van der Waals surface area contributed by atoms with Crippen molar-refractivity contribution in [1.82, 2.24) is 0 Å². The van der Waals surface area contributed by atoms with Crippen LogP contribution in [0.15, 0.2) is 29.6 Å². The van der Waals surface area contributed by atoms with Crippen LogP contribution in [-0.2, 0) is 0 Å². The predicted octanol–water partition coefficient (Wildman–Crippen LogP) is 3.34. The van der Waals surface area contributed by atoms with Crippen molar-refractivity contribution >= 4 is 21.4 Å². The second-order valence-corrected chi connectivity index (χ2v) is 4.09. The summed E-state index contributed by atoms with van der Waals surface area (Å²) in [5, 5.41) is 13.0. The standard InChI is InChI=1S/C11H12OS/c1-2-10(12)9-4-3-8-5-6-13-11(8)7-9/h3-7,10,12H,2H2,1H3. The first-order valence-electron chi connectivity index (χ1n) is 4.46. The monoisotopic (exact) mass is 192 g/mol. The molecule has 0 radical (unpaired) electrons. The van der Waals surface area contributed by atoms with E-state index in [-0.39, 0.29) is 6.10 Å². The highest BCUT2D eigenvalue weighted by Gasteiger charge is 2.05. The van der Waals surface area contributed by atoms with Gasteiger partial charge in [0.05, 0.1) is 6.10 Å². The Balaban J connectivity index is 2.48. The van der Waals surface area contributed by atoms with E-state index in [0.717, 1.165) is 12.0 Å². The van der Waals surface area contributed by atoms with E-state index in [4.69, 9.17) is 0 Å². The molecule has 1 heterocycles. The van der Waals surface area contributed by atoms with E-state index in [2.05, 4.69) is 23.6 Å². The zero-order valence-corrected chi connectivity index (χ0v) is 8.34. The average Bonchev–Trinajstić information content (AvgIpc) is 2.63. The lowest BCUT2D eigenvalue weighted by molar-refractivity contribution is 0.174. The van der Waals surface area contributed by atoms with Crippen LogP contribution in [0.4, 0.5) is 0 Å². The molecule has 68 valence electrons. The highest BCUT2D eigenvalue weighted by Crippen LogP contribution is 2.25. The fourth-order valence-electron chi connectivity index (χ4n) is 1.41. The second kappa shape index (κ2) is 3.48. The van der Waals surface area contributed by atoms with Gasteiger partial charge in [0, 0.05) is 4.70 Å². The highest BCUT2D eigenvalue weighted by molar-refractivity contribution is 7.17. The summed E-state index contributed by atoms with van der Waals surface area (Å²) in [7, 11) is 0. The minimum atomic E-state index is -0.313. The molecular weight excluding hydrogens is 180 g/mol. The summed E-state index contributed by atoms with van der Waals surface area (Å²) in [5.41, 5.74) is 1.03. The van der Waals surface area contributed by atoms with Gasteiger partial charge in [-0.15, -0.1) is 11.3 Å². The van der Waals surface area contributed by atoms with Gasteiger partial charge in [-0.2, -0.15) is 0 Å². The molecule has 0 aliphatic rings. The number of benzene rings is 1. The summed E-state index contributed by atoms with van der Waals surface area (Å²) < 4.78 is 1.25. The zero-order chi connectivity index (χ0) is 9.26. The number of aliphatic hydroxyl groups excluding tert-OH is 1. The van der Waals surface area contributed by atoms with Crippen LogP contribution in [0.1, 0.15) is 25.0 Å². The lowest BCUT2D eigenvalue weighted by Crippen LogP contribution is -1.93. The maximum absolute atomic E-state index is 9.63. The van der Waals surface area contributed by atoms with E-state index in [1.165, 1.54) is 10.1 Å². The number of thiophene rings is 1. The quantitative estimate of drug-likeness (QED) is 0.773. The number of hydrogen-bond acceptors (Lipinski definition) is 2. The van der Waals surface area contributed by atoms with Gasteiger partial charge in [-0.3, -0.25) is 0 Å². The highest BCUT2D eigenvalue weighted by atomic mass is 32.1. The third-order valence-corrected chi connectivity index (χ3v) is 3.13. The van der Waals surface area contributed by atoms with E-state index in [1.54, 1.807) is 11.3 Å². The molecule has 0 bridgehead atoms. The van der Waals surface area contributed by atoms with Gasteiger partial charge in [0.25, 0.3) is 0 Å². The molecule has 1 aromatic carbocycles. The Morgan fingerprint density at radius 3 is 3.00 bits per heavy atom. The molecule has 1 N–H and O–H groups in total. The van der Waals surface area contributed by atoms with Crippen LogP contribution in [0.3, 0.4) is 0 Å².